The monoisotopic (exact) mass is 303 g/mol. The van der Waals surface area contributed by atoms with Gasteiger partial charge in [-0.25, -0.2) is 0 Å². The zero-order valence-electron chi connectivity index (χ0n) is 12.3. The van der Waals surface area contributed by atoms with Gasteiger partial charge in [0.1, 0.15) is 12.4 Å². The maximum atomic E-state index is 6.26. The second kappa shape index (κ2) is 6.50. The van der Waals surface area contributed by atoms with Crippen LogP contribution in [0.4, 0.5) is 0 Å². The molecule has 2 nitrogen and oxygen atoms in total. The summed E-state index contributed by atoms with van der Waals surface area (Å²) in [5.74, 6) is 1.44. The van der Waals surface area contributed by atoms with E-state index in [2.05, 4.69) is 31.2 Å². The highest BCUT2D eigenvalue weighted by Gasteiger charge is 2.49. The molecule has 0 amide bonds. The Morgan fingerprint density at radius 3 is 2.33 bits per heavy atom. The molecule has 0 aromatic heterocycles. The Morgan fingerprint density at radius 1 is 1.10 bits per heavy atom. The van der Waals surface area contributed by atoms with Gasteiger partial charge >= 0.3 is 0 Å². The van der Waals surface area contributed by atoms with Gasteiger partial charge in [-0.1, -0.05) is 49.4 Å². The van der Waals surface area contributed by atoms with Crippen LogP contribution in [-0.2, 0) is 6.61 Å². The summed E-state index contributed by atoms with van der Waals surface area (Å²) in [6, 6.07) is 18.6. The van der Waals surface area contributed by atoms with E-state index in [1.165, 1.54) is 11.1 Å². The van der Waals surface area contributed by atoms with Gasteiger partial charge < -0.3 is 10.5 Å². The molecular formula is C18H22ClNO. The smallest absolute Gasteiger partial charge is 0.119 e. The van der Waals surface area contributed by atoms with Gasteiger partial charge in [0.2, 0.25) is 0 Å². The lowest BCUT2D eigenvalue weighted by molar-refractivity contribution is 0.306. The molecule has 2 atom stereocenters. The third-order valence-electron chi connectivity index (χ3n) is 4.31. The zero-order chi connectivity index (χ0) is 14.0. The number of benzene rings is 2. The molecule has 1 aliphatic carbocycles. The molecule has 2 aromatic carbocycles. The summed E-state index contributed by atoms with van der Waals surface area (Å²) in [6.45, 7) is 2.77. The van der Waals surface area contributed by atoms with E-state index < -0.39 is 0 Å². The Kier molecular flexibility index (Phi) is 4.92. The fraction of sp³-hybridized carbons (Fsp3) is 0.333. The van der Waals surface area contributed by atoms with Gasteiger partial charge in [0, 0.05) is 11.5 Å². The van der Waals surface area contributed by atoms with Crippen LogP contribution >= 0.6 is 12.4 Å². The standard InChI is InChI=1S/C18H21NO.ClH/c1-2-18(19)12-17(18)15-8-10-16(11-9-15)20-13-14-6-4-3-5-7-14;/h3-11,17H,2,12-13,19H2,1H3;1H/t17-,18-;/m1./s1. The molecule has 112 valence electrons. The van der Waals surface area contributed by atoms with Crippen molar-refractivity contribution in [1.29, 1.82) is 0 Å². The lowest BCUT2D eigenvalue weighted by atomic mass is 10.0. The van der Waals surface area contributed by atoms with Crippen molar-refractivity contribution in [2.45, 2.75) is 37.8 Å². The third-order valence-corrected chi connectivity index (χ3v) is 4.31. The molecular weight excluding hydrogens is 282 g/mol. The van der Waals surface area contributed by atoms with Gasteiger partial charge in [-0.3, -0.25) is 0 Å². The van der Waals surface area contributed by atoms with Gasteiger partial charge in [-0.2, -0.15) is 0 Å². The first-order chi connectivity index (χ1) is 9.71. The molecule has 0 aliphatic heterocycles. The highest BCUT2D eigenvalue weighted by Crippen LogP contribution is 2.51. The molecule has 1 fully saturated rings. The summed E-state index contributed by atoms with van der Waals surface area (Å²) in [4.78, 5) is 0. The minimum Gasteiger partial charge on any atom is -0.489 e. The SMILES string of the molecule is CC[C@@]1(N)C[C@@H]1c1ccc(OCc2ccccc2)cc1.Cl. The molecule has 3 heteroatoms. The average molecular weight is 304 g/mol. The molecule has 0 saturated heterocycles. The second-order valence-corrected chi connectivity index (χ2v) is 5.69. The van der Waals surface area contributed by atoms with Crippen molar-refractivity contribution in [2.24, 2.45) is 5.73 Å². The Balaban J connectivity index is 0.00000161. The summed E-state index contributed by atoms with van der Waals surface area (Å²) in [5.41, 5.74) is 8.82. The van der Waals surface area contributed by atoms with E-state index in [9.17, 15) is 0 Å². The quantitative estimate of drug-likeness (QED) is 0.894. The van der Waals surface area contributed by atoms with Crippen LogP contribution in [0, 0.1) is 0 Å². The van der Waals surface area contributed by atoms with Gasteiger partial charge in [0.15, 0.2) is 0 Å². The molecule has 0 heterocycles. The van der Waals surface area contributed by atoms with Gasteiger partial charge in [-0.15, -0.1) is 12.4 Å². The Labute approximate surface area is 132 Å². The molecule has 2 N–H and O–H groups in total. The van der Waals surface area contributed by atoms with E-state index in [-0.39, 0.29) is 17.9 Å². The summed E-state index contributed by atoms with van der Waals surface area (Å²) >= 11 is 0. The molecule has 0 spiro atoms. The van der Waals surface area contributed by atoms with Crippen molar-refractivity contribution < 1.29 is 4.74 Å². The van der Waals surface area contributed by atoms with Crippen molar-refractivity contribution in [3.63, 3.8) is 0 Å². The number of hydrogen-bond donors (Lipinski definition) is 1. The first-order valence-electron chi connectivity index (χ1n) is 7.27. The maximum Gasteiger partial charge on any atom is 0.119 e. The topological polar surface area (TPSA) is 35.2 Å². The summed E-state index contributed by atoms with van der Waals surface area (Å²) in [7, 11) is 0. The van der Waals surface area contributed by atoms with Crippen LogP contribution in [0.15, 0.2) is 54.6 Å². The van der Waals surface area contributed by atoms with Gasteiger partial charge in [0.25, 0.3) is 0 Å². The van der Waals surface area contributed by atoms with Crippen molar-refractivity contribution in [2.75, 3.05) is 0 Å². The fourth-order valence-electron chi connectivity index (χ4n) is 2.70. The Hall–Kier alpha value is -1.51. The lowest BCUT2D eigenvalue weighted by Gasteiger charge is -2.10. The minimum atomic E-state index is 0. The van der Waals surface area contributed by atoms with Gasteiger partial charge in [0.05, 0.1) is 0 Å². The van der Waals surface area contributed by atoms with Crippen molar-refractivity contribution >= 4 is 12.4 Å². The number of nitrogens with two attached hydrogens (primary N) is 1. The second-order valence-electron chi connectivity index (χ2n) is 5.69. The largest absolute Gasteiger partial charge is 0.489 e. The van der Waals surface area contributed by atoms with E-state index in [1.54, 1.807) is 0 Å². The third kappa shape index (κ3) is 3.58. The van der Waals surface area contributed by atoms with Crippen molar-refractivity contribution in [3.05, 3.63) is 65.7 Å². The lowest BCUT2D eigenvalue weighted by Crippen LogP contribution is -2.22. The van der Waals surface area contributed by atoms with Crippen molar-refractivity contribution in [3.8, 4) is 5.75 Å². The van der Waals surface area contributed by atoms with E-state index >= 15 is 0 Å². The number of halogens is 1. The van der Waals surface area contributed by atoms with Crippen LogP contribution in [0.1, 0.15) is 36.8 Å². The Bertz CT molecular complexity index is 570. The van der Waals surface area contributed by atoms with Crippen LogP contribution in [0.5, 0.6) is 5.75 Å². The first-order valence-corrected chi connectivity index (χ1v) is 7.27. The number of hydrogen-bond acceptors (Lipinski definition) is 2. The van der Waals surface area contributed by atoms with Crippen LogP contribution in [0.2, 0.25) is 0 Å². The summed E-state index contributed by atoms with van der Waals surface area (Å²) in [5, 5.41) is 0. The molecule has 3 rings (SSSR count). The highest BCUT2D eigenvalue weighted by atomic mass is 35.5. The highest BCUT2D eigenvalue weighted by molar-refractivity contribution is 5.85. The molecule has 1 saturated carbocycles. The molecule has 2 aromatic rings. The molecule has 1 aliphatic rings. The van der Waals surface area contributed by atoms with Crippen LogP contribution in [0.3, 0.4) is 0 Å². The molecule has 0 radical (unpaired) electrons. The van der Waals surface area contributed by atoms with E-state index in [1.807, 2.05) is 30.3 Å². The first kappa shape index (κ1) is 15.9. The van der Waals surface area contributed by atoms with Crippen LogP contribution in [0.25, 0.3) is 0 Å². The van der Waals surface area contributed by atoms with E-state index in [4.69, 9.17) is 10.5 Å². The van der Waals surface area contributed by atoms with E-state index in [0.29, 0.717) is 12.5 Å². The molecule has 21 heavy (non-hydrogen) atoms. The maximum absolute atomic E-state index is 6.26. The average Bonchev–Trinajstić information content (AvgIpc) is 3.20. The molecule has 0 bridgehead atoms. The zero-order valence-corrected chi connectivity index (χ0v) is 13.1. The van der Waals surface area contributed by atoms with Crippen molar-refractivity contribution in [1.82, 2.24) is 0 Å². The number of ether oxygens (including phenoxy) is 1. The number of rotatable bonds is 5. The predicted octanol–water partition coefficient (Wildman–Crippen LogP) is 4.28. The van der Waals surface area contributed by atoms with Crippen LogP contribution < -0.4 is 10.5 Å². The minimum absolute atomic E-state index is 0. The van der Waals surface area contributed by atoms with Gasteiger partial charge in [-0.05, 0) is 36.1 Å². The fourth-order valence-corrected chi connectivity index (χ4v) is 2.70. The summed E-state index contributed by atoms with van der Waals surface area (Å²) < 4.78 is 5.79. The van der Waals surface area contributed by atoms with Crippen LogP contribution in [-0.4, -0.2) is 5.54 Å². The Morgan fingerprint density at radius 2 is 1.76 bits per heavy atom. The van der Waals surface area contributed by atoms with E-state index in [0.717, 1.165) is 18.6 Å². The predicted molar refractivity (Wildman–Crippen MR) is 89.0 cm³/mol. The normalized spacial score (nSPS) is 23.2. The molecule has 0 unspecified atom stereocenters. The summed E-state index contributed by atoms with van der Waals surface area (Å²) in [6.07, 6.45) is 2.15.